The van der Waals surface area contributed by atoms with Crippen LogP contribution in [0, 0.1) is 5.82 Å². The quantitative estimate of drug-likeness (QED) is 0.555. The summed E-state index contributed by atoms with van der Waals surface area (Å²) in [4.78, 5) is 40.8. The van der Waals surface area contributed by atoms with Crippen molar-refractivity contribution in [1.82, 2.24) is 5.32 Å². The Morgan fingerprint density at radius 3 is 2.61 bits per heavy atom. The maximum atomic E-state index is 13.6. The third kappa shape index (κ3) is 3.63. The predicted molar refractivity (Wildman–Crippen MR) is 124 cm³/mol. The number of imide groups is 1. The van der Waals surface area contributed by atoms with Gasteiger partial charge >= 0.3 is 11.9 Å². The van der Waals surface area contributed by atoms with Gasteiger partial charge in [0, 0.05) is 6.54 Å². The summed E-state index contributed by atoms with van der Waals surface area (Å²) in [5, 5.41) is 2.80. The molecule has 0 aliphatic carbocycles. The standard InChI is InChI=1S/C26H18FN3O6/c27-16-6-8-17(9-7-16)30-25(32)24-23(18-3-1-2-4-19(18)36-24)29(26(30)33)13-22(31)28-12-15-5-10-20-21(11-15)35-14-34-20/h1-11,24H,12-14H2/p+1. The van der Waals surface area contributed by atoms with Gasteiger partial charge in [-0.1, -0.05) is 18.2 Å². The molecular weight excluding hydrogens is 469 g/mol. The van der Waals surface area contributed by atoms with E-state index in [-0.39, 0.29) is 25.6 Å². The minimum absolute atomic E-state index is 0.148. The molecule has 1 N–H and O–H groups in total. The van der Waals surface area contributed by atoms with E-state index in [0.29, 0.717) is 28.5 Å². The first kappa shape index (κ1) is 21.8. The average Bonchev–Trinajstić information content (AvgIpc) is 3.51. The van der Waals surface area contributed by atoms with E-state index in [1.54, 1.807) is 42.5 Å². The molecule has 0 spiro atoms. The van der Waals surface area contributed by atoms with Crippen LogP contribution < -0.4 is 24.4 Å². The predicted octanol–water partition coefficient (Wildman–Crippen LogP) is 2.60. The van der Waals surface area contributed by atoms with Crippen molar-refractivity contribution in [2.75, 3.05) is 18.2 Å². The fourth-order valence-corrected chi connectivity index (χ4v) is 4.43. The summed E-state index contributed by atoms with van der Waals surface area (Å²) >= 11 is 0. The van der Waals surface area contributed by atoms with E-state index in [0.717, 1.165) is 22.6 Å². The summed E-state index contributed by atoms with van der Waals surface area (Å²) < 4.78 is 31.3. The summed E-state index contributed by atoms with van der Waals surface area (Å²) in [6.45, 7) is -0.00331. The Morgan fingerprint density at radius 2 is 1.78 bits per heavy atom. The fourth-order valence-electron chi connectivity index (χ4n) is 4.43. The van der Waals surface area contributed by atoms with Gasteiger partial charge in [-0.3, -0.25) is 4.79 Å². The number of carbonyl (C=O) groups is 3. The van der Waals surface area contributed by atoms with E-state index < -0.39 is 29.8 Å². The largest absolute Gasteiger partial charge is 0.506 e. The Labute approximate surface area is 204 Å². The van der Waals surface area contributed by atoms with Crippen molar-refractivity contribution in [2.45, 2.75) is 12.6 Å². The number of fused-ring (bicyclic) bond motifs is 4. The van der Waals surface area contributed by atoms with Gasteiger partial charge in [-0.15, -0.1) is 4.90 Å². The zero-order chi connectivity index (χ0) is 24.8. The zero-order valence-electron chi connectivity index (χ0n) is 18.8. The van der Waals surface area contributed by atoms with Crippen molar-refractivity contribution >= 4 is 29.2 Å². The molecule has 0 fully saturated rings. The van der Waals surface area contributed by atoms with E-state index in [4.69, 9.17) is 14.2 Å². The molecule has 3 heterocycles. The second-order valence-electron chi connectivity index (χ2n) is 8.36. The highest BCUT2D eigenvalue weighted by atomic mass is 19.1. The van der Waals surface area contributed by atoms with E-state index in [1.807, 2.05) is 0 Å². The third-order valence-corrected chi connectivity index (χ3v) is 6.13. The molecule has 6 rings (SSSR count). The highest BCUT2D eigenvalue weighted by Gasteiger charge is 2.54. The molecule has 0 radical (unpaired) electrons. The first-order chi connectivity index (χ1) is 17.5. The number of anilines is 1. The maximum Gasteiger partial charge on any atom is 0.506 e. The van der Waals surface area contributed by atoms with Crippen LogP contribution in [-0.4, -0.2) is 47.6 Å². The molecule has 1 unspecified atom stereocenters. The average molecular weight is 488 g/mol. The van der Waals surface area contributed by atoms with Crippen LogP contribution in [0.25, 0.3) is 0 Å². The third-order valence-electron chi connectivity index (χ3n) is 6.13. The molecule has 180 valence electrons. The molecule has 9 nitrogen and oxygen atoms in total. The Bertz CT molecular complexity index is 1450. The smallest absolute Gasteiger partial charge is 0.469 e. The summed E-state index contributed by atoms with van der Waals surface area (Å²) in [5.41, 5.74) is 1.83. The van der Waals surface area contributed by atoms with E-state index in [1.165, 1.54) is 16.7 Å². The monoisotopic (exact) mass is 488 g/mol. The molecule has 0 aromatic heterocycles. The molecule has 0 saturated carbocycles. The lowest BCUT2D eigenvalue weighted by molar-refractivity contribution is -0.417. The van der Waals surface area contributed by atoms with Crippen molar-refractivity contribution in [3.05, 3.63) is 83.7 Å². The number of benzene rings is 3. The van der Waals surface area contributed by atoms with Gasteiger partial charge in [-0.2, -0.15) is 9.37 Å². The van der Waals surface area contributed by atoms with Gasteiger partial charge in [-0.25, -0.2) is 9.18 Å². The van der Waals surface area contributed by atoms with Gasteiger partial charge < -0.3 is 19.5 Å². The first-order valence-corrected chi connectivity index (χ1v) is 11.2. The van der Waals surface area contributed by atoms with Crippen LogP contribution in [0.2, 0.25) is 0 Å². The van der Waals surface area contributed by atoms with E-state index >= 15 is 0 Å². The van der Waals surface area contributed by atoms with Crippen LogP contribution in [0.5, 0.6) is 17.2 Å². The van der Waals surface area contributed by atoms with Crippen LogP contribution >= 0.6 is 0 Å². The normalized spacial score (nSPS) is 17.6. The number of hydrogen-bond acceptors (Lipinski definition) is 6. The molecular formula is C26H19FN3O6+. The fraction of sp³-hybridized carbons (Fsp3) is 0.154. The SMILES string of the molecule is O=C(C[N+]1=C2c3ccccc3OC2C(=O)N(c2ccc(F)cc2)C1=O)NCc1ccc2c(c1)OCO2. The zero-order valence-corrected chi connectivity index (χ0v) is 18.8. The lowest BCUT2D eigenvalue weighted by atomic mass is 10.0. The number of urea groups is 1. The number of para-hydroxylation sites is 1. The second-order valence-corrected chi connectivity index (χ2v) is 8.36. The number of ether oxygens (including phenoxy) is 3. The lowest BCUT2D eigenvalue weighted by Crippen LogP contribution is -2.59. The minimum Gasteiger partial charge on any atom is -0.469 e. The van der Waals surface area contributed by atoms with E-state index in [2.05, 4.69) is 5.32 Å². The highest BCUT2D eigenvalue weighted by Crippen LogP contribution is 2.34. The summed E-state index contributed by atoms with van der Waals surface area (Å²) in [6.07, 6.45) is -1.12. The highest BCUT2D eigenvalue weighted by molar-refractivity contribution is 6.29. The Balaban J connectivity index is 1.30. The number of hydrogen-bond donors (Lipinski definition) is 1. The van der Waals surface area contributed by atoms with E-state index in [9.17, 15) is 18.8 Å². The van der Waals surface area contributed by atoms with Gasteiger partial charge in [0.05, 0.1) is 5.56 Å². The number of amides is 4. The Kier molecular flexibility index (Phi) is 5.14. The van der Waals surface area contributed by atoms with Crippen molar-refractivity contribution in [1.29, 1.82) is 0 Å². The van der Waals surface area contributed by atoms with Gasteiger partial charge in [-0.05, 0) is 54.1 Å². The summed E-state index contributed by atoms with van der Waals surface area (Å²) in [7, 11) is 0. The molecule has 3 aromatic rings. The number of nitrogens with one attached hydrogen (secondary N) is 1. The molecule has 1 atom stereocenters. The van der Waals surface area contributed by atoms with Crippen molar-refractivity contribution in [3.63, 3.8) is 0 Å². The molecule has 3 aliphatic heterocycles. The Hall–Kier alpha value is -4.73. The minimum atomic E-state index is -1.12. The van der Waals surface area contributed by atoms with Crippen LogP contribution in [-0.2, 0) is 16.1 Å². The van der Waals surface area contributed by atoms with Gasteiger partial charge in [0.1, 0.15) is 17.3 Å². The molecule has 4 amide bonds. The molecule has 0 saturated heterocycles. The number of carbonyl (C=O) groups excluding carboxylic acids is 3. The Morgan fingerprint density at radius 1 is 1.00 bits per heavy atom. The summed E-state index contributed by atoms with van der Waals surface area (Å²) in [6, 6.07) is 16.5. The van der Waals surface area contributed by atoms with Gasteiger partial charge in [0.15, 0.2) is 23.8 Å². The molecule has 3 aliphatic rings. The molecule has 0 bridgehead atoms. The summed E-state index contributed by atoms with van der Waals surface area (Å²) in [5.74, 6) is 0.105. The lowest BCUT2D eigenvalue weighted by Gasteiger charge is -2.24. The number of halogens is 1. The molecule has 3 aromatic carbocycles. The van der Waals surface area contributed by atoms with Crippen LogP contribution in [0.15, 0.2) is 66.7 Å². The van der Waals surface area contributed by atoms with Crippen molar-refractivity contribution in [3.8, 4) is 17.2 Å². The molecule has 36 heavy (non-hydrogen) atoms. The molecule has 10 heteroatoms. The van der Waals surface area contributed by atoms with Crippen LogP contribution in [0.1, 0.15) is 11.1 Å². The van der Waals surface area contributed by atoms with Crippen LogP contribution in [0.4, 0.5) is 14.9 Å². The second kappa shape index (κ2) is 8.49. The van der Waals surface area contributed by atoms with Crippen LogP contribution in [0.3, 0.4) is 0 Å². The van der Waals surface area contributed by atoms with Crippen molar-refractivity contribution < 1.29 is 37.6 Å². The topological polar surface area (TPSA) is 97.2 Å². The van der Waals surface area contributed by atoms with Gasteiger partial charge in [0.2, 0.25) is 6.79 Å². The number of nitrogens with zero attached hydrogens (tertiary/aromatic N) is 2. The van der Waals surface area contributed by atoms with Crippen molar-refractivity contribution in [2.24, 2.45) is 0 Å². The maximum absolute atomic E-state index is 13.6. The first-order valence-electron chi connectivity index (χ1n) is 11.2. The number of rotatable bonds is 5. The van der Waals surface area contributed by atoms with Gasteiger partial charge in [0.25, 0.3) is 12.0 Å².